The number of ether oxygens (including phenoxy) is 2. The van der Waals surface area contributed by atoms with Gasteiger partial charge in [0.15, 0.2) is 0 Å². The van der Waals surface area contributed by atoms with Gasteiger partial charge in [0.05, 0.1) is 18.4 Å². The molecule has 1 aliphatic rings. The molecular formula is C16H26N2O2. The summed E-state index contributed by atoms with van der Waals surface area (Å²) in [7, 11) is 0. The summed E-state index contributed by atoms with van der Waals surface area (Å²) in [6.45, 7) is 9.31. The van der Waals surface area contributed by atoms with Crippen LogP contribution in [0.15, 0.2) is 18.5 Å². The van der Waals surface area contributed by atoms with Gasteiger partial charge in [0.25, 0.3) is 0 Å². The van der Waals surface area contributed by atoms with E-state index < -0.39 is 0 Å². The number of pyridine rings is 1. The lowest BCUT2D eigenvalue weighted by atomic mass is 10.0. The van der Waals surface area contributed by atoms with Crippen LogP contribution in [0.25, 0.3) is 0 Å². The second-order valence-corrected chi connectivity index (χ2v) is 5.99. The van der Waals surface area contributed by atoms with Gasteiger partial charge >= 0.3 is 0 Å². The standard InChI is InChI=1S/C16H26N2O2/c1-11(2)18-9-14-5-6-17-10-16(14)20-15-7-12(3)19-13(4)8-15/h5-6,10-13,15,18H,7-9H2,1-4H3. The molecule has 1 aliphatic heterocycles. The zero-order valence-electron chi connectivity index (χ0n) is 12.9. The number of nitrogens with zero attached hydrogens (tertiary/aromatic N) is 1. The van der Waals surface area contributed by atoms with E-state index >= 15 is 0 Å². The molecule has 0 saturated carbocycles. The molecule has 0 amide bonds. The van der Waals surface area contributed by atoms with Crippen molar-refractivity contribution in [3.8, 4) is 5.75 Å². The van der Waals surface area contributed by atoms with Crippen molar-refractivity contribution in [3.63, 3.8) is 0 Å². The van der Waals surface area contributed by atoms with E-state index in [1.54, 1.807) is 0 Å². The average molecular weight is 278 g/mol. The van der Waals surface area contributed by atoms with Gasteiger partial charge in [-0.05, 0) is 19.9 Å². The van der Waals surface area contributed by atoms with E-state index in [2.05, 4.69) is 38.0 Å². The molecule has 1 aromatic rings. The van der Waals surface area contributed by atoms with E-state index in [0.717, 1.165) is 25.1 Å². The van der Waals surface area contributed by atoms with Crippen LogP contribution in [0.1, 0.15) is 46.1 Å². The van der Waals surface area contributed by atoms with E-state index in [1.807, 2.05) is 18.5 Å². The highest BCUT2D eigenvalue weighted by molar-refractivity contribution is 5.30. The molecular weight excluding hydrogens is 252 g/mol. The average Bonchev–Trinajstić information content (AvgIpc) is 2.36. The van der Waals surface area contributed by atoms with E-state index in [0.29, 0.717) is 6.04 Å². The summed E-state index contributed by atoms with van der Waals surface area (Å²) < 4.78 is 11.9. The van der Waals surface area contributed by atoms with Gasteiger partial charge in [0, 0.05) is 37.2 Å². The first-order chi connectivity index (χ1) is 9.54. The van der Waals surface area contributed by atoms with Crippen LogP contribution in [0.2, 0.25) is 0 Å². The van der Waals surface area contributed by atoms with E-state index in [9.17, 15) is 0 Å². The lowest BCUT2D eigenvalue weighted by Gasteiger charge is -2.32. The molecule has 2 atom stereocenters. The molecule has 4 heteroatoms. The quantitative estimate of drug-likeness (QED) is 0.899. The van der Waals surface area contributed by atoms with Gasteiger partial charge in [-0.25, -0.2) is 0 Å². The minimum atomic E-state index is 0.218. The summed E-state index contributed by atoms with van der Waals surface area (Å²) in [4.78, 5) is 4.19. The Balaban J connectivity index is 2.01. The van der Waals surface area contributed by atoms with Crippen molar-refractivity contribution in [1.29, 1.82) is 0 Å². The maximum atomic E-state index is 6.18. The molecule has 0 spiro atoms. The normalized spacial score (nSPS) is 26.8. The Kier molecular flexibility index (Phi) is 5.38. The topological polar surface area (TPSA) is 43.4 Å². The molecule has 20 heavy (non-hydrogen) atoms. The van der Waals surface area contributed by atoms with Crippen LogP contribution in [0.5, 0.6) is 5.75 Å². The van der Waals surface area contributed by atoms with Gasteiger partial charge in [0.2, 0.25) is 0 Å². The monoisotopic (exact) mass is 278 g/mol. The predicted molar refractivity (Wildman–Crippen MR) is 79.9 cm³/mol. The van der Waals surface area contributed by atoms with Crippen molar-refractivity contribution >= 4 is 0 Å². The van der Waals surface area contributed by atoms with Crippen LogP contribution in [0.4, 0.5) is 0 Å². The fourth-order valence-electron chi connectivity index (χ4n) is 2.60. The van der Waals surface area contributed by atoms with Gasteiger partial charge in [0.1, 0.15) is 11.9 Å². The van der Waals surface area contributed by atoms with Crippen molar-refractivity contribution in [2.24, 2.45) is 0 Å². The van der Waals surface area contributed by atoms with Crippen LogP contribution < -0.4 is 10.1 Å². The summed E-state index contributed by atoms with van der Waals surface area (Å²) in [5.74, 6) is 0.895. The number of nitrogens with one attached hydrogen (secondary N) is 1. The number of rotatable bonds is 5. The molecule has 0 bridgehead atoms. The maximum Gasteiger partial charge on any atom is 0.142 e. The largest absolute Gasteiger partial charge is 0.488 e. The van der Waals surface area contributed by atoms with Crippen LogP contribution in [0.3, 0.4) is 0 Å². The third kappa shape index (κ3) is 4.46. The second kappa shape index (κ2) is 7.04. The third-order valence-electron chi connectivity index (χ3n) is 3.52. The van der Waals surface area contributed by atoms with Gasteiger partial charge in [-0.15, -0.1) is 0 Å². The summed E-state index contributed by atoms with van der Waals surface area (Å²) >= 11 is 0. The second-order valence-electron chi connectivity index (χ2n) is 5.99. The highest BCUT2D eigenvalue weighted by Gasteiger charge is 2.26. The Morgan fingerprint density at radius 1 is 1.35 bits per heavy atom. The summed E-state index contributed by atoms with van der Waals surface area (Å²) in [5.41, 5.74) is 1.17. The molecule has 2 rings (SSSR count). The SMILES string of the molecule is CC(C)NCc1ccncc1OC1CC(C)OC(C)C1. The maximum absolute atomic E-state index is 6.18. The lowest BCUT2D eigenvalue weighted by Crippen LogP contribution is -2.36. The molecule has 0 radical (unpaired) electrons. The first kappa shape index (κ1) is 15.3. The fraction of sp³-hybridized carbons (Fsp3) is 0.688. The Hall–Kier alpha value is -1.13. The van der Waals surface area contributed by atoms with E-state index in [4.69, 9.17) is 9.47 Å². The molecule has 2 heterocycles. The van der Waals surface area contributed by atoms with Crippen molar-refractivity contribution in [2.45, 2.75) is 71.4 Å². The van der Waals surface area contributed by atoms with Crippen LogP contribution in [0, 0.1) is 0 Å². The first-order valence-corrected chi connectivity index (χ1v) is 7.53. The lowest BCUT2D eigenvalue weighted by molar-refractivity contribution is -0.0723. The minimum absolute atomic E-state index is 0.218. The zero-order chi connectivity index (χ0) is 14.5. The molecule has 4 nitrogen and oxygen atoms in total. The van der Waals surface area contributed by atoms with Gasteiger partial charge in [-0.3, -0.25) is 4.98 Å². The van der Waals surface area contributed by atoms with Crippen LogP contribution in [-0.2, 0) is 11.3 Å². The summed E-state index contributed by atoms with van der Waals surface area (Å²) in [6.07, 6.45) is 6.26. The molecule has 1 fully saturated rings. The molecule has 0 aliphatic carbocycles. The summed E-state index contributed by atoms with van der Waals surface area (Å²) in [6, 6.07) is 2.48. The smallest absolute Gasteiger partial charge is 0.142 e. The predicted octanol–water partition coefficient (Wildman–Crippen LogP) is 2.91. The minimum Gasteiger partial charge on any atom is -0.488 e. The molecule has 1 saturated heterocycles. The van der Waals surface area contributed by atoms with Crippen molar-refractivity contribution in [2.75, 3.05) is 0 Å². The van der Waals surface area contributed by atoms with Gasteiger partial charge in [-0.2, -0.15) is 0 Å². The van der Waals surface area contributed by atoms with Crippen LogP contribution in [-0.4, -0.2) is 29.3 Å². The first-order valence-electron chi connectivity index (χ1n) is 7.53. The van der Waals surface area contributed by atoms with Crippen molar-refractivity contribution in [1.82, 2.24) is 10.3 Å². The summed E-state index contributed by atoms with van der Waals surface area (Å²) in [5, 5.41) is 3.42. The molecule has 2 unspecified atom stereocenters. The molecule has 1 N–H and O–H groups in total. The molecule has 1 aromatic heterocycles. The molecule has 0 aromatic carbocycles. The fourth-order valence-corrected chi connectivity index (χ4v) is 2.60. The number of hydrogen-bond acceptors (Lipinski definition) is 4. The number of aromatic nitrogens is 1. The van der Waals surface area contributed by atoms with Crippen molar-refractivity contribution < 1.29 is 9.47 Å². The highest BCUT2D eigenvalue weighted by Crippen LogP contribution is 2.26. The Morgan fingerprint density at radius 2 is 2.05 bits per heavy atom. The Morgan fingerprint density at radius 3 is 2.70 bits per heavy atom. The third-order valence-corrected chi connectivity index (χ3v) is 3.52. The highest BCUT2D eigenvalue weighted by atomic mass is 16.5. The van der Waals surface area contributed by atoms with Crippen LogP contribution >= 0.6 is 0 Å². The van der Waals surface area contributed by atoms with Crippen molar-refractivity contribution in [3.05, 3.63) is 24.0 Å². The van der Waals surface area contributed by atoms with Gasteiger partial charge in [-0.1, -0.05) is 13.8 Å². The Labute approximate surface area is 121 Å². The van der Waals surface area contributed by atoms with Gasteiger partial charge < -0.3 is 14.8 Å². The van der Waals surface area contributed by atoms with E-state index in [-0.39, 0.29) is 18.3 Å². The van der Waals surface area contributed by atoms with E-state index in [1.165, 1.54) is 5.56 Å². The molecule has 112 valence electrons. The Bertz CT molecular complexity index is 413. The zero-order valence-corrected chi connectivity index (χ0v) is 12.9. The number of hydrogen-bond donors (Lipinski definition) is 1.